The maximum Gasteiger partial charge on any atom is 0.159 e. The van der Waals surface area contributed by atoms with Crippen LogP contribution in [0.1, 0.15) is 138 Å². The summed E-state index contributed by atoms with van der Waals surface area (Å²) in [6.07, 6.45) is 0. The van der Waals surface area contributed by atoms with Crippen molar-refractivity contribution in [3.8, 4) is 5.75 Å². The first kappa shape index (κ1) is 43.7. The zero-order chi connectivity index (χ0) is 40.7. The third-order valence-corrected chi connectivity index (χ3v) is 7.98. The van der Waals surface area contributed by atoms with Crippen LogP contribution in [0, 0.1) is 0 Å². The fourth-order valence-corrected chi connectivity index (χ4v) is 4.70. The molecule has 0 aliphatic heterocycles. The molecule has 9 nitrogen and oxygen atoms in total. The van der Waals surface area contributed by atoms with Gasteiger partial charge in [-0.1, -0.05) is 60.7 Å². The summed E-state index contributed by atoms with van der Waals surface area (Å²) in [5.74, 6) is 0.471. The number of carbonyl (C=O) groups is 8. The average Bonchev–Trinajstić information content (AvgIpc) is 3.14. The molecule has 9 heteroatoms. The summed E-state index contributed by atoms with van der Waals surface area (Å²) in [4.78, 5) is 88.2. The van der Waals surface area contributed by atoms with E-state index in [0.717, 1.165) is 22.1 Å². The second-order valence-electron chi connectivity index (χ2n) is 12.3. The first-order chi connectivity index (χ1) is 25.3. The zero-order valence-corrected chi connectivity index (χ0v) is 32.0. The van der Waals surface area contributed by atoms with E-state index in [1.54, 1.807) is 62.6 Å². The molecule has 0 aromatic heterocycles. The van der Waals surface area contributed by atoms with Gasteiger partial charge in [0.05, 0.1) is 7.11 Å². The van der Waals surface area contributed by atoms with Crippen molar-refractivity contribution < 1.29 is 43.1 Å². The third-order valence-electron chi connectivity index (χ3n) is 7.98. The van der Waals surface area contributed by atoms with Gasteiger partial charge in [-0.2, -0.15) is 0 Å². The summed E-state index contributed by atoms with van der Waals surface area (Å²) >= 11 is 0. The summed E-state index contributed by atoms with van der Waals surface area (Å²) in [5.41, 5.74) is 4.38. The fraction of sp³-hybridized carbons (Fsp3) is 0.200. The van der Waals surface area contributed by atoms with Crippen molar-refractivity contribution in [2.75, 3.05) is 7.11 Å². The van der Waals surface area contributed by atoms with E-state index < -0.39 is 0 Å². The largest absolute Gasteiger partial charge is 0.497 e. The van der Waals surface area contributed by atoms with Crippen LogP contribution in [-0.4, -0.2) is 53.4 Å². The summed E-state index contributed by atoms with van der Waals surface area (Å²) < 4.78 is 5.13. The first-order valence-electron chi connectivity index (χ1n) is 16.8. The normalized spacial score (nSPS) is 9.80. The van der Waals surface area contributed by atoms with Gasteiger partial charge in [0.15, 0.2) is 46.3 Å². The van der Waals surface area contributed by atoms with E-state index >= 15 is 0 Å². The Morgan fingerprint density at radius 3 is 0.926 bits per heavy atom. The first-order valence-corrected chi connectivity index (χ1v) is 16.8. The molecule has 0 saturated carbocycles. The van der Waals surface area contributed by atoms with Crippen LogP contribution in [0.15, 0.2) is 103 Å². The van der Waals surface area contributed by atoms with Crippen molar-refractivity contribution in [3.63, 3.8) is 0 Å². The third kappa shape index (κ3) is 13.6. The van der Waals surface area contributed by atoms with Gasteiger partial charge in [-0.25, -0.2) is 0 Å². The van der Waals surface area contributed by atoms with Gasteiger partial charge in [-0.15, -0.1) is 0 Å². The van der Waals surface area contributed by atoms with E-state index in [4.69, 9.17) is 4.74 Å². The van der Waals surface area contributed by atoms with E-state index in [2.05, 4.69) is 0 Å². The highest BCUT2D eigenvalue weighted by molar-refractivity contribution is 6.04. The number of fused-ring (bicyclic) bond motifs is 1. The number of ether oxygens (including phenoxy) is 1. The van der Waals surface area contributed by atoms with Crippen LogP contribution in [-0.2, 0) is 0 Å². The molecule has 0 bridgehead atoms. The molecule has 0 aliphatic carbocycles. The second kappa shape index (κ2) is 20.5. The van der Waals surface area contributed by atoms with Crippen LogP contribution in [0.4, 0.5) is 0 Å². The molecule has 5 rings (SSSR count). The number of Topliss-reactive ketones (excluding diaryl/α,β-unsaturated/α-hetero) is 8. The molecular formula is C45H44O9. The summed E-state index contributed by atoms with van der Waals surface area (Å²) in [6, 6.07) is 29.4. The molecule has 0 spiro atoms. The molecule has 0 fully saturated rings. The molecule has 0 heterocycles. The molecule has 0 radical (unpaired) electrons. The fourth-order valence-electron chi connectivity index (χ4n) is 4.70. The van der Waals surface area contributed by atoms with Crippen LogP contribution in [0.25, 0.3) is 10.8 Å². The SMILES string of the molecule is CC(=O)c1cc(C(C)=O)cc(C(C)=O)c1.CC(=O)c1ccc(C(C)=O)cc1.CC(=O)c1cccc(C(C)=O)c1.COc1ccc2cc(C(C)=O)ccc2c1. The molecule has 0 aliphatic rings. The van der Waals surface area contributed by atoms with E-state index in [-0.39, 0.29) is 46.3 Å². The molecule has 0 saturated heterocycles. The van der Waals surface area contributed by atoms with Crippen LogP contribution in [0.5, 0.6) is 5.75 Å². The Morgan fingerprint density at radius 2 is 0.593 bits per heavy atom. The average molecular weight is 729 g/mol. The molecule has 5 aromatic carbocycles. The predicted molar refractivity (Wildman–Crippen MR) is 210 cm³/mol. The molecule has 278 valence electrons. The molecule has 0 amide bonds. The van der Waals surface area contributed by atoms with Crippen molar-refractivity contribution >= 4 is 57.0 Å². The van der Waals surface area contributed by atoms with Gasteiger partial charge in [0.1, 0.15) is 5.75 Å². The summed E-state index contributed by atoms with van der Waals surface area (Å²) in [7, 11) is 1.64. The Bertz CT molecular complexity index is 2080. The maximum absolute atomic E-state index is 11.2. The Morgan fingerprint density at radius 1 is 0.315 bits per heavy atom. The van der Waals surface area contributed by atoms with Crippen LogP contribution < -0.4 is 4.74 Å². The number of hydrogen-bond acceptors (Lipinski definition) is 9. The lowest BCUT2D eigenvalue weighted by atomic mass is 10.00. The van der Waals surface area contributed by atoms with Gasteiger partial charge < -0.3 is 4.74 Å². The van der Waals surface area contributed by atoms with Gasteiger partial charge in [0.25, 0.3) is 0 Å². The van der Waals surface area contributed by atoms with Gasteiger partial charge in [-0.3, -0.25) is 38.4 Å². The number of benzene rings is 5. The predicted octanol–water partition coefficient (Wildman–Crippen LogP) is 9.53. The number of ketones is 8. The minimum Gasteiger partial charge on any atom is -0.497 e. The van der Waals surface area contributed by atoms with Gasteiger partial charge in [0.2, 0.25) is 0 Å². The van der Waals surface area contributed by atoms with E-state index in [0.29, 0.717) is 38.9 Å². The van der Waals surface area contributed by atoms with Crippen molar-refractivity contribution in [1.82, 2.24) is 0 Å². The lowest BCUT2D eigenvalue weighted by Gasteiger charge is -2.03. The van der Waals surface area contributed by atoms with Gasteiger partial charge in [0, 0.05) is 44.5 Å². The number of rotatable bonds is 9. The Hall–Kier alpha value is -6.48. The van der Waals surface area contributed by atoms with Crippen molar-refractivity contribution in [1.29, 1.82) is 0 Å². The molecule has 0 N–H and O–H groups in total. The minimum absolute atomic E-state index is 0.0156. The van der Waals surface area contributed by atoms with E-state index in [1.807, 2.05) is 36.4 Å². The van der Waals surface area contributed by atoms with Crippen LogP contribution in [0.2, 0.25) is 0 Å². The smallest absolute Gasteiger partial charge is 0.159 e. The highest BCUT2D eigenvalue weighted by Crippen LogP contribution is 2.22. The summed E-state index contributed by atoms with van der Waals surface area (Å²) in [5, 5.41) is 2.14. The molecule has 54 heavy (non-hydrogen) atoms. The summed E-state index contributed by atoms with van der Waals surface area (Å²) in [6.45, 7) is 11.8. The lowest BCUT2D eigenvalue weighted by molar-refractivity contribution is 0.0994. The van der Waals surface area contributed by atoms with E-state index in [1.165, 1.54) is 66.7 Å². The van der Waals surface area contributed by atoms with Crippen LogP contribution in [0.3, 0.4) is 0 Å². The van der Waals surface area contributed by atoms with Crippen molar-refractivity contribution in [2.45, 2.75) is 55.4 Å². The molecule has 0 unspecified atom stereocenters. The minimum atomic E-state index is -0.152. The Labute approximate surface area is 315 Å². The second-order valence-corrected chi connectivity index (χ2v) is 12.3. The van der Waals surface area contributed by atoms with Crippen LogP contribution >= 0.6 is 0 Å². The Balaban J connectivity index is 0.000000250. The van der Waals surface area contributed by atoms with Gasteiger partial charge >= 0.3 is 0 Å². The molecule has 5 aromatic rings. The van der Waals surface area contributed by atoms with Crippen molar-refractivity contribution in [2.24, 2.45) is 0 Å². The highest BCUT2D eigenvalue weighted by Gasteiger charge is 2.10. The van der Waals surface area contributed by atoms with Crippen molar-refractivity contribution in [3.05, 3.63) is 148 Å². The van der Waals surface area contributed by atoms with E-state index in [9.17, 15) is 38.4 Å². The number of hydrogen-bond donors (Lipinski definition) is 0. The Kier molecular flexibility index (Phi) is 16.6. The topological polar surface area (TPSA) is 146 Å². The lowest BCUT2D eigenvalue weighted by Crippen LogP contribution is -2.03. The standard InChI is InChI=1S/C13H12O2.C12H12O3.2C10H10O2/c1-9(14)10-3-4-12-8-13(15-2)6-5-11(12)7-10;1-7(13)10-4-11(8(2)14)6-12(5-10)9(3)15;1-7(11)9-3-5-10(6-4-9)8(2)12;1-7(11)9-4-3-5-10(6-9)8(2)12/h3-8H,1-2H3;4-6H,1-3H3;2*3-6H,1-2H3. The zero-order valence-electron chi connectivity index (χ0n) is 32.0. The molecular weight excluding hydrogens is 684 g/mol. The highest BCUT2D eigenvalue weighted by atomic mass is 16.5. The maximum atomic E-state index is 11.2. The quantitative estimate of drug-likeness (QED) is 0.135. The number of carbonyl (C=O) groups excluding carboxylic acids is 8. The molecule has 0 atom stereocenters. The monoisotopic (exact) mass is 728 g/mol. The van der Waals surface area contributed by atoms with Gasteiger partial charge in [-0.05, 0) is 109 Å². The number of methoxy groups -OCH3 is 1.